The van der Waals surface area contributed by atoms with Crippen LogP contribution in [0.3, 0.4) is 0 Å². The van der Waals surface area contributed by atoms with Crippen molar-refractivity contribution < 1.29 is 9.59 Å². The highest BCUT2D eigenvalue weighted by atomic mass is 35.5. The van der Waals surface area contributed by atoms with E-state index in [1.54, 1.807) is 18.2 Å². The van der Waals surface area contributed by atoms with E-state index < -0.39 is 0 Å². The Morgan fingerprint density at radius 2 is 2.11 bits per heavy atom. The Kier molecular flexibility index (Phi) is 4.43. The van der Waals surface area contributed by atoms with Crippen molar-refractivity contribution in [1.29, 1.82) is 0 Å². The summed E-state index contributed by atoms with van der Waals surface area (Å²) < 4.78 is 0. The third-order valence-electron chi connectivity index (χ3n) is 3.57. The number of primary amides is 1. The first-order chi connectivity index (χ1) is 9.11. The number of rotatable bonds is 4. The molecule has 0 aliphatic carbocycles. The fourth-order valence-corrected chi connectivity index (χ4v) is 2.91. The monoisotopic (exact) mass is 280 g/mol. The van der Waals surface area contributed by atoms with Crippen LogP contribution < -0.4 is 10.6 Å². The topological polar surface area (TPSA) is 63.4 Å². The molecule has 1 aromatic rings. The Labute approximate surface area is 117 Å². The van der Waals surface area contributed by atoms with Crippen LogP contribution in [0.1, 0.15) is 29.6 Å². The van der Waals surface area contributed by atoms with Crippen molar-refractivity contribution in [3.05, 3.63) is 28.8 Å². The normalized spacial score (nSPS) is 16.4. The minimum absolute atomic E-state index is 0.246. The second-order valence-electron chi connectivity index (χ2n) is 4.90. The van der Waals surface area contributed by atoms with Gasteiger partial charge in [0, 0.05) is 25.1 Å². The van der Waals surface area contributed by atoms with Crippen LogP contribution in [0.25, 0.3) is 0 Å². The van der Waals surface area contributed by atoms with Gasteiger partial charge in [0.25, 0.3) is 0 Å². The highest BCUT2D eigenvalue weighted by Gasteiger charge is 2.23. The Balaban J connectivity index is 2.09. The number of piperidine rings is 1. The van der Waals surface area contributed by atoms with Crippen molar-refractivity contribution in [3.8, 4) is 0 Å². The zero-order valence-corrected chi connectivity index (χ0v) is 11.4. The largest absolute Gasteiger partial charge is 0.370 e. The summed E-state index contributed by atoms with van der Waals surface area (Å²) in [4.78, 5) is 24.1. The lowest BCUT2D eigenvalue weighted by atomic mass is 9.92. The van der Waals surface area contributed by atoms with E-state index in [1.807, 2.05) is 0 Å². The SMILES string of the molecule is NC(=O)CC1CCN(c2c(Cl)cccc2C=O)CC1. The van der Waals surface area contributed by atoms with Crippen LogP contribution in [0, 0.1) is 5.92 Å². The van der Waals surface area contributed by atoms with Gasteiger partial charge < -0.3 is 10.6 Å². The Morgan fingerprint density at radius 3 is 2.68 bits per heavy atom. The van der Waals surface area contributed by atoms with Crippen molar-refractivity contribution in [3.63, 3.8) is 0 Å². The van der Waals surface area contributed by atoms with Crippen LogP contribution in [0.4, 0.5) is 5.69 Å². The fourth-order valence-electron chi connectivity index (χ4n) is 2.61. The molecule has 0 unspecified atom stereocenters. The van der Waals surface area contributed by atoms with Crippen molar-refractivity contribution in [2.24, 2.45) is 11.7 Å². The first kappa shape index (κ1) is 13.9. The summed E-state index contributed by atoms with van der Waals surface area (Å²) in [6.45, 7) is 1.59. The number of carbonyl (C=O) groups excluding carboxylic acids is 2. The summed E-state index contributed by atoms with van der Waals surface area (Å²) in [6, 6.07) is 5.33. The summed E-state index contributed by atoms with van der Waals surface area (Å²) >= 11 is 6.19. The van der Waals surface area contributed by atoms with Crippen LogP contribution in [-0.4, -0.2) is 25.3 Å². The lowest BCUT2D eigenvalue weighted by Crippen LogP contribution is -2.35. The minimum Gasteiger partial charge on any atom is -0.370 e. The number of nitrogens with two attached hydrogens (primary N) is 1. The number of nitrogens with zero attached hydrogens (tertiary/aromatic N) is 1. The Morgan fingerprint density at radius 1 is 1.42 bits per heavy atom. The summed E-state index contributed by atoms with van der Waals surface area (Å²) in [5.74, 6) is 0.0979. The third kappa shape index (κ3) is 3.26. The van der Waals surface area contributed by atoms with Crippen LogP contribution in [0.2, 0.25) is 5.02 Å². The molecule has 0 bridgehead atoms. The van der Waals surface area contributed by atoms with Crippen molar-refractivity contribution in [1.82, 2.24) is 0 Å². The highest BCUT2D eigenvalue weighted by molar-refractivity contribution is 6.33. The zero-order chi connectivity index (χ0) is 13.8. The number of amides is 1. The second kappa shape index (κ2) is 6.06. The van der Waals surface area contributed by atoms with Gasteiger partial charge in [0.05, 0.1) is 10.7 Å². The molecule has 102 valence electrons. The first-order valence-corrected chi connectivity index (χ1v) is 6.76. The molecule has 19 heavy (non-hydrogen) atoms. The van der Waals surface area contributed by atoms with Gasteiger partial charge in [0.1, 0.15) is 0 Å². The molecule has 1 aliphatic heterocycles. The van der Waals surface area contributed by atoms with E-state index in [2.05, 4.69) is 4.90 Å². The maximum atomic E-state index is 11.1. The number of para-hydroxylation sites is 1. The molecular weight excluding hydrogens is 264 g/mol. The van der Waals surface area contributed by atoms with Gasteiger partial charge in [0.15, 0.2) is 6.29 Å². The molecule has 0 saturated carbocycles. The van der Waals surface area contributed by atoms with Gasteiger partial charge in [0.2, 0.25) is 5.91 Å². The molecule has 0 spiro atoms. The van der Waals surface area contributed by atoms with E-state index in [1.165, 1.54) is 0 Å². The summed E-state index contributed by atoms with van der Waals surface area (Å²) in [5, 5.41) is 0.595. The van der Waals surface area contributed by atoms with Gasteiger partial charge >= 0.3 is 0 Å². The van der Waals surface area contributed by atoms with Gasteiger partial charge in [-0.2, -0.15) is 0 Å². The minimum atomic E-state index is -0.246. The zero-order valence-electron chi connectivity index (χ0n) is 10.6. The highest BCUT2D eigenvalue weighted by Crippen LogP contribution is 2.32. The number of hydrogen-bond acceptors (Lipinski definition) is 3. The molecule has 1 aromatic carbocycles. The molecule has 0 atom stereocenters. The molecule has 1 fully saturated rings. The average molecular weight is 281 g/mol. The van der Waals surface area contributed by atoms with E-state index in [-0.39, 0.29) is 5.91 Å². The average Bonchev–Trinajstić information content (AvgIpc) is 2.39. The predicted molar refractivity (Wildman–Crippen MR) is 75.6 cm³/mol. The van der Waals surface area contributed by atoms with E-state index >= 15 is 0 Å². The summed E-state index contributed by atoms with van der Waals surface area (Å²) in [7, 11) is 0. The molecule has 0 radical (unpaired) electrons. The van der Waals surface area contributed by atoms with Crippen LogP contribution in [0.15, 0.2) is 18.2 Å². The van der Waals surface area contributed by atoms with Gasteiger partial charge in [-0.15, -0.1) is 0 Å². The number of aldehydes is 1. The van der Waals surface area contributed by atoms with E-state index in [4.69, 9.17) is 17.3 Å². The third-order valence-corrected chi connectivity index (χ3v) is 3.87. The first-order valence-electron chi connectivity index (χ1n) is 6.38. The van der Waals surface area contributed by atoms with Crippen molar-refractivity contribution >= 4 is 29.5 Å². The van der Waals surface area contributed by atoms with Crippen LogP contribution >= 0.6 is 11.6 Å². The van der Waals surface area contributed by atoms with Crippen molar-refractivity contribution in [2.75, 3.05) is 18.0 Å². The molecule has 2 N–H and O–H groups in total. The second-order valence-corrected chi connectivity index (χ2v) is 5.30. The molecule has 1 amide bonds. The van der Waals surface area contributed by atoms with Gasteiger partial charge in [-0.05, 0) is 30.9 Å². The van der Waals surface area contributed by atoms with E-state index in [0.29, 0.717) is 22.9 Å². The smallest absolute Gasteiger partial charge is 0.217 e. The molecule has 1 heterocycles. The van der Waals surface area contributed by atoms with Crippen LogP contribution in [-0.2, 0) is 4.79 Å². The maximum Gasteiger partial charge on any atom is 0.217 e. The fraction of sp³-hybridized carbons (Fsp3) is 0.429. The van der Waals surface area contributed by atoms with Gasteiger partial charge in [-0.25, -0.2) is 0 Å². The maximum absolute atomic E-state index is 11.1. The van der Waals surface area contributed by atoms with E-state index in [0.717, 1.165) is 37.9 Å². The molecule has 1 aliphatic rings. The molecule has 0 aromatic heterocycles. The predicted octanol–water partition coefficient (Wildman–Crippen LogP) is 2.24. The number of anilines is 1. The number of carbonyl (C=O) groups is 2. The number of benzene rings is 1. The number of halogens is 1. The quantitative estimate of drug-likeness (QED) is 0.861. The van der Waals surface area contributed by atoms with Gasteiger partial charge in [-0.1, -0.05) is 17.7 Å². The van der Waals surface area contributed by atoms with Gasteiger partial charge in [-0.3, -0.25) is 9.59 Å². The molecule has 1 saturated heterocycles. The standard InChI is InChI=1S/C14H17ClN2O2/c15-12-3-1-2-11(9-18)14(12)17-6-4-10(5-7-17)8-13(16)19/h1-3,9-10H,4-8H2,(H2,16,19). The summed E-state index contributed by atoms with van der Waals surface area (Å²) in [5.41, 5.74) is 6.63. The molecule has 2 rings (SSSR count). The van der Waals surface area contributed by atoms with Crippen LogP contribution in [0.5, 0.6) is 0 Å². The Bertz CT molecular complexity index is 482. The lowest BCUT2D eigenvalue weighted by molar-refractivity contribution is -0.119. The Hall–Kier alpha value is -1.55. The lowest BCUT2D eigenvalue weighted by Gasteiger charge is -2.34. The number of hydrogen-bond donors (Lipinski definition) is 1. The van der Waals surface area contributed by atoms with E-state index in [9.17, 15) is 9.59 Å². The molecular formula is C14H17ClN2O2. The molecule has 4 nitrogen and oxygen atoms in total. The molecule has 5 heteroatoms. The summed E-state index contributed by atoms with van der Waals surface area (Å²) in [6.07, 6.45) is 3.06. The van der Waals surface area contributed by atoms with Crippen molar-refractivity contribution in [2.45, 2.75) is 19.3 Å².